The second-order valence-corrected chi connectivity index (χ2v) is 8.72. The van der Waals surface area contributed by atoms with Gasteiger partial charge in [-0.15, -0.1) is 0 Å². The monoisotopic (exact) mass is 475 g/mol. The number of thiocarbonyl (C=S) groups is 1. The number of aromatic nitrogens is 2. The van der Waals surface area contributed by atoms with Crippen molar-refractivity contribution in [2.24, 2.45) is 0 Å². The summed E-state index contributed by atoms with van der Waals surface area (Å²) in [6.45, 7) is 3.59. The van der Waals surface area contributed by atoms with E-state index in [2.05, 4.69) is 32.4 Å². The van der Waals surface area contributed by atoms with Gasteiger partial charge in [0, 0.05) is 29.2 Å². The molecule has 1 aliphatic heterocycles. The number of piperidine rings is 1. The number of nitrogens with zero attached hydrogens (tertiary/aromatic N) is 3. The van der Waals surface area contributed by atoms with E-state index in [0.717, 1.165) is 42.3 Å². The summed E-state index contributed by atoms with van der Waals surface area (Å²) in [4.78, 5) is 11.1. The summed E-state index contributed by atoms with van der Waals surface area (Å²) in [5, 5.41) is 7.60. The molecule has 3 aromatic rings. The van der Waals surface area contributed by atoms with E-state index in [-0.39, 0.29) is 0 Å². The second kappa shape index (κ2) is 9.85. The normalized spacial score (nSPS) is 16.2. The molecule has 1 atom stereocenters. The molecule has 0 bridgehead atoms. The van der Waals surface area contributed by atoms with Crippen LogP contribution in [0.4, 0.5) is 11.8 Å². The smallest absolute Gasteiger partial charge is 0.232 e. The van der Waals surface area contributed by atoms with E-state index in [1.807, 2.05) is 36.4 Å². The molecular formula is C22H23Cl2N5OS. The first-order valence-corrected chi connectivity index (χ1v) is 11.3. The highest BCUT2D eigenvalue weighted by atomic mass is 35.5. The Bertz CT molecular complexity index is 1060. The van der Waals surface area contributed by atoms with Gasteiger partial charge in [-0.1, -0.05) is 23.2 Å². The number of rotatable bonds is 5. The lowest BCUT2D eigenvalue weighted by molar-refractivity contribution is 0.481. The molecule has 0 unspecified atom stereocenters. The topological polar surface area (TPSA) is 66.2 Å². The lowest BCUT2D eigenvalue weighted by Gasteiger charge is -2.34. The first kappa shape index (κ1) is 21.9. The molecule has 1 aromatic carbocycles. The van der Waals surface area contributed by atoms with Crippen molar-refractivity contribution < 1.29 is 4.42 Å². The number of nitrogens with one attached hydrogen (secondary N) is 2. The molecule has 4 rings (SSSR count). The van der Waals surface area contributed by atoms with Gasteiger partial charge >= 0.3 is 0 Å². The van der Waals surface area contributed by atoms with Crippen LogP contribution >= 0.6 is 35.4 Å². The molecule has 1 aliphatic rings. The zero-order valence-corrected chi connectivity index (χ0v) is 19.4. The van der Waals surface area contributed by atoms with E-state index in [4.69, 9.17) is 39.8 Å². The van der Waals surface area contributed by atoms with E-state index in [0.29, 0.717) is 33.8 Å². The fraction of sp³-hybridized carbons (Fsp3) is 0.318. The van der Waals surface area contributed by atoms with Gasteiger partial charge in [-0.25, -0.2) is 4.98 Å². The predicted molar refractivity (Wildman–Crippen MR) is 130 cm³/mol. The Morgan fingerprint density at radius 3 is 2.74 bits per heavy atom. The van der Waals surface area contributed by atoms with Gasteiger partial charge in [0.15, 0.2) is 5.11 Å². The molecule has 31 heavy (non-hydrogen) atoms. The lowest BCUT2D eigenvalue weighted by Crippen LogP contribution is -2.38. The maximum atomic E-state index is 6.24. The van der Waals surface area contributed by atoms with E-state index < -0.39 is 0 Å². The summed E-state index contributed by atoms with van der Waals surface area (Å²) in [7, 11) is 0. The van der Waals surface area contributed by atoms with Gasteiger partial charge in [-0.05, 0) is 74.8 Å². The van der Waals surface area contributed by atoms with Crippen LogP contribution in [-0.4, -0.2) is 27.7 Å². The third-order valence-electron chi connectivity index (χ3n) is 5.22. The number of furan rings is 1. The fourth-order valence-corrected chi connectivity index (χ4v) is 4.07. The molecule has 1 fully saturated rings. The molecule has 0 spiro atoms. The Balaban J connectivity index is 1.36. The lowest BCUT2D eigenvalue weighted by atomic mass is 10.0. The van der Waals surface area contributed by atoms with Gasteiger partial charge in [0.1, 0.15) is 22.5 Å². The van der Waals surface area contributed by atoms with Gasteiger partial charge < -0.3 is 20.0 Å². The molecule has 1 saturated heterocycles. The van der Waals surface area contributed by atoms with Gasteiger partial charge in [-0.3, -0.25) is 0 Å². The quantitative estimate of drug-likeness (QED) is 0.351. The van der Waals surface area contributed by atoms with Crippen LogP contribution in [0.3, 0.4) is 0 Å². The van der Waals surface area contributed by atoms with E-state index >= 15 is 0 Å². The Kier molecular flexibility index (Phi) is 6.95. The van der Waals surface area contributed by atoms with E-state index in [1.165, 1.54) is 6.42 Å². The van der Waals surface area contributed by atoms with Crippen molar-refractivity contribution in [1.82, 2.24) is 15.3 Å². The highest BCUT2D eigenvalue weighted by molar-refractivity contribution is 7.80. The zero-order valence-electron chi connectivity index (χ0n) is 17.1. The molecule has 9 heteroatoms. The largest absolute Gasteiger partial charge is 0.459 e. The number of hydrogen-bond acceptors (Lipinski definition) is 5. The van der Waals surface area contributed by atoms with Crippen LogP contribution in [0, 0.1) is 0 Å². The Morgan fingerprint density at radius 1 is 1.16 bits per heavy atom. The van der Waals surface area contributed by atoms with E-state index in [1.54, 1.807) is 6.07 Å². The highest BCUT2D eigenvalue weighted by Crippen LogP contribution is 2.26. The summed E-state index contributed by atoms with van der Waals surface area (Å²) in [6, 6.07) is 13.6. The van der Waals surface area contributed by atoms with Crippen LogP contribution < -0.4 is 15.5 Å². The predicted octanol–water partition coefficient (Wildman–Crippen LogP) is 5.91. The maximum absolute atomic E-state index is 6.24. The average Bonchev–Trinajstić information content (AvgIpc) is 3.22. The molecule has 0 radical (unpaired) electrons. The standard InChI is InChI=1S/C22H23Cl2N5OS/c1-14-4-2-3-11-29(14)20-12-19(24)26-21(27-20)28-22(31)25-13-17-9-10-18(30-17)15-5-7-16(23)8-6-15/h5-10,12,14H,2-4,11,13H2,1H3,(H2,25,26,27,28,31)/t14-/m0/s1. The van der Waals surface area contributed by atoms with Crippen molar-refractivity contribution in [3.05, 3.63) is 58.4 Å². The zero-order chi connectivity index (χ0) is 21.8. The first-order chi connectivity index (χ1) is 15.0. The van der Waals surface area contributed by atoms with Gasteiger partial charge in [0.2, 0.25) is 5.95 Å². The molecule has 6 nitrogen and oxygen atoms in total. The minimum absolute atomic E-state index is 0.374. The SMILES string of the molecule is C[C@H]1CCCCN1c1cc(Cl)nc(NC(=S)NCc2ccc(-c3ccc(Cl)cc3)o2)n1. The summed E-state index contributed by atoms with van der Waals surface area (Å²) in [5.41, 5.74) is 0.961. The van der Waals surface area contributed by atoms with Crippen molar-refractivity contribution in [2.45, 2.75) is 38.8 Å². The summed E-state index contributed by atoms with van der Waals surface area (Å²) in [5.74, 6) is 2.71. The number of hydrogen-bond donors (Lipinski definition) is 2. The van der Waals surface area contributed by atoms with Crippen molar-refractivity contribution in [1.29, 1.82) is 0 Å². The summed E-state index contributed by atoms with van der Waals surface area (Å²) >= 11 is 17.6. The van der Waals surface area contributed by atoms with Crippen LogP contribution in [0.5, 0.6) is 0 Å². The van der Waals surface area contributed by atoms with Gasteiger partial charge in [0.05, 0.1) is 6.54 Å². The van der Waals surface area contributed by atoms with Crippen LogP contribution in [0.15, 0.2) is 46.9 Å². The van der Waals surface area contributed by atoms with Crippen LogP contribution in [-0.2, 0) is 6.54 Å². The third-order valence-corrected chi connectivity index (χ3v) is 5.91. The summed E-state index contributed by atoms with van der Waals surface area (Å²) in [6.07, 6.45) is 3.53. The molecule has 2 aromatic heterocycles. The van der Waals surface area contributed by atoms with Crippen LogP contribution in [0.25, 0.3) is 11.3 Å². The van der Waals surface area contributed by atoms with Gasteiger partial charge in [0.25, 0.3) is 0 Å². The van der Waals surface area contributed by atoms with Crippen molar-refractivity contribution in [3.8, 4) is 11.3 Å². The van der Waals surface area contributed by atoms with Crippen molar-refractivity contribution in [3.63, 3.8) is 0 Å². The highest BCUT2D eigenvalue weighted by Gasteiger charge is 2.21. The Labute approximate surface area is 197 Å². The van der Waals surface area contributed by atoms with E-state index in [9.17, 15) is 0 Å². The molecular weight excluding hydrogens is 453 g/mol. The van der Waals surface area contributed by atoms with Crippen molar-refractivity contribution in [2.75, 3.05) is 16.8 Å². The molecule has 0 saturated carbocycles. The van der Waals surface area contributed by atoms with Crippen molar-refractivity contribution >= 4 is 52.3 Å². The molecule has 3 heterocycles. The fourth-order valence-electron chi connectivity index (χ4n) is 3.60. The number of anilines is 2. The first-order valence-electron chi connectivity index (χ1n) is 10.2. The minimum Gasteiger partial charge on any atom is -0.459 e. The number of halogens is 2. The summed E-state index contributed by atoms with van der Waals surface area (Å²) < 4.78 is 5.89. The maximum Gasteiger partial charge on any atom is 0.232 e. The average molecular weight is 476 g/mol. The Hall–Kier alpha value is -2.35. The molecule has 2 N–H and O–H groups in total. The van der Waals surface area contributed by atoms with Crippen LogP contribution in [0.1, 0.15) is 31.9 Å². The van der Waals surface area contributed by atoms with Gasteiger partial charge in [-0.2, -0.15) is 4.98 Å². The minimum atomic E-state index is 0.374. The number of benzene rings is 1. The molecule has 0 aliphatic carbocycles. The van der Waals surface area contributed by atoms with Crippen LogP contribution in [0.2, 0.25) is 10.2 Å². The second-order valence-electron chi connectivity index (χ2n) is 7.49. The molecule has 0 amide bonds. The molecule has 162 valence electrons. The Morgan fingerprint density at radius 2 is 1.97 bits per heavy atom. The third kappa shape index (κ3) is 5.67.